The lowest BCUT2D eigenvalue weighted by atomic mass is 9.99. The summed E-state index contributed by atoms with van der Waals surface area (Å²) in [6.45, 7) is 6.05. The molecule has 0 bridgehead atoms. The minimum atomic E-state index is -0.458. The molecule has 6 rings (SSSR count). The molecule has 218 valence electrons. The van der Waals surface area contributed by atoms with Crippen LogP contribution in [0.25, 0.3) is 27.9 Å². The van der Waals surface area contributed by atoms with Crippen LogP contribution in [0.5, 0.6) is 0 Å². The van der Waals surface area contributed by atoms with Crippen molar-refractivity contribution in [1.29, 1.82) is 0 Å². The van der Waals surface area contributed by atoms with Gasteiger partial charge >= 0.3 is 0 Å². The maximum Gasteiger partial charge on any atom is 0.284 e. The van der Waals surface area contributed by atoms with E-state index in [2.05, 4.69) is 39.5 Å². The van der Waals surface area contributed by atoms with Crippen LogP contribution in [0.3, 0.4) is 0 Å². The van der Waals surface area contributed by atoms with Crippen molar-refractivity contribution in [3.63, 3.8) is 0 Å². The number of nitrogens with one attached hydrogen (secondary N) is 1. The van der Waals surface area contributed by atoms with Gasteiger partial charge in [-0.05, 0) is 60.0 Å². The quantitative estimate of drug-likeness (QED) is 0.287. The Morgan fingerprint density at radius 2 is 1.67 bits per heavy atom. The molecule has 1 fully saturated rings. The standard InChI is InChI=1S/C34H34N6O3/c1-23-31(34(42)40(38(23)2)29-9-4-3-5-10-29)33(41)37-28-13-11-25(12-14-28)30-20-27(21-36-32(30)35)26-8-6-7-24(19-26)22-39-15-17-43-18-16-39/h3-14,19-21H,15-18,22H2,1-2H3,(H2,35,36)(H,37,41). The highest BCUT2D eigenvalue weighted by Crippen LogP contribution is 2.31. The van der Waals surface area contributed by atoms with Crippen LogP contribution in [0.1, 0.15) is 21.6 Å². The molecule has 0 aliphatic carbocycles. The van der Waals surface area contributed by atoms with Gasteiger partial charge in [0.15, 0.2) is 0 Å². The van der Waals surface area contributed by atoms with E-state index < -0.39 is 5.91 Å². The molecular weight excluding hydrogens is 540 g/mol. The fraction of sp³-hybridized carbons (Fsp3) is 0.206. The minimum Gasteiger partial charge on any atom is -0.383 e. The molecule has 0 saturated carbocycles. The van der Waals surface area contributed by atoms with Crippen LogP contribution in [0.4, 0.5) is 11.5 Å². The molecule has 0 radical (unpaired) electrons. The van der Waals surface area contributed by atoms with Gasteiger partial charge in [0.2, 0.25) is 0 Å². The van der Waals surface area contributed by atoms with Crippen molar-refractivity contribution in [2.45, 2.75) is 13.5 Å². The Morgan fingerprint density at radius 3 is 2.42 bits per heavy atom. The second kappa shape index (κ2) is 12.1. The van der Waals surface area contributed by atoms with Gasteiger partial charge in [-0.1, -0.05) is 48.5 Å². The summed E-state index contributed by atoms with van der Waals surface area (Å²) in [5, 5.41) is 2.88. The zero-order valence-electron chi connectivity index (χ0n) is 24.3. The summed E-state index contributed by atoms with van der Waals surface area (Å²) in [5.74, 6) is -0.0351. The van der Waals surface area contributed by atoms with Crippen LogP contribution < -0.4 is 16.6 Å². The second-order valence-corrected chi connectivity index (χ2v) is 10.7. The molecule has 3 heterocycles. The van der Waals surface area contributed by atoms with Crippen molar-refractivity contribution in [1.82, 2.24) is 19.2 Å². The third kappa shape index (κ3) is 5.86. The third-order valence-electron chi connectivity index (χ3n) is 7.92. The average Bonchev–Trinajstić information content (AvgIpc) is 3.26. The van der Waals surface area contributed by atoms with Gasteiger partial charge in [0, 0.05) is 49.7 Å². The molecule has 5 aromatic rings. The molecule has 0 unspecified atom stereocenters. The monoisotopic (exact) mass is 574 g/mol. The Bertz CT molecular complexity index is 1820. The predicted octanol–water partition coefficient (Wildman–Crippen LogP) is 4.88. The van der Waals surface area contributed by atoms with Gasteiger partial charge in [0.25, 0.3) is 11.5 Å². The Hall–Kier alpha value is -4.99. The normalized spacial score (nSPS) is 13.6. The Kier molecular flexibility index (Phi) is 7.91. The maximum atomic E-state index is 13.2. The lowest BCUT2D eigenvalue weighted by molar-refractivity contribution is 0.0342. The number of morpholine rings is 1. The number of anilines is 2. The Morgan fingerprint density at radius 1 is 0.930 bits per heavy atom. The zero-order chi connectivity index (χ0) is 29.9. The lowest BCUT2D eigenvalue weighted by Crippen LogP contribution is -2.35. The first-order chi connectivity index (χ1) is 20.9. The van der Waals surface area contributed by atoms with Gasteiger partial charge in [-0.3, -0.25) is 19.2 Å². The molecule has 0 atom stereocenters. The van der Waals surface area contributed by atoms with Crippen molar-refractivity contribution >= 4 is 17.4 Å². The van der Waals surface area contributed by atoms with Crippen LogP contribution >= 0.6 is 0 Å². The van der Waals surface area contributed by atoms with E-state index in [1.807, 2.05) is 48.5 Å². The summed E-state index contributed by atoms with van der Waals surface area (Å²) in [4.78, 5) is 33.4. The highest BCUT2D eigenvalue weighted by atomic mass is 16.5. The fourth-order valence-corrected chi connectivity index (χ4v) is 5.49. The van der Waals surface area contributed by atoms with E-state index in [0.29, 0.717) is 22.9 Å². The molecule has 1 aliphatic heterocycles. The van der Waals surface area contributed by atoms with Crippen LogP contribution in [-0.4, -0.2) is 51.5 Å². The van der Waals surface area contributed by atoms with E-state index in [9.17, 15) is 9.59 Å². The van der Waals surface area contributed by atoms with Gasteiger partial charge in [-0.2, -0.15) is 0 Å². The zero-order valence-corrected chi connectivity index (χ0v) is 24.3. The first kappa shape index (κ1) is 28.1. The van der Waals surface area contributed by atoms with Crippen molar-refractivity contribution < 1.29 is 9.53 Å². The molecule has 9 nitrogen and oxygen atoms in total. The largest absolute Gasteiger partial charge is 0.383 e. The number of nitrogens with two attached hydrogens (primary N) is 1. The van der Waals surface area contributed by atoms with E-state index in [0.717, 1.165) is 55.1 Å². The number of pyridine rings is 1. The van der Waals surface area contributed by atoms with Crippen molar-refractivity contribution in [3.05, 3.63) is 118 Å². The van der Waals surface area contributed by atoms with Gasteiger partial charge in [0.1, 0.15) is 11.4 Å². The number of nitrogen functional groups attached to an aromatic ring is 1. The second-order valence-electron chi connectivity index (χ2n) is 10.7. The van der Waals surface area contributed by atoms with E-state index in [-0.39, 0.29) is 11.1 Å². The number of carbonyl (C=O) groups excluding carboxylic acids is 1. The number of hydrogen-bond donors (Lipinski definition) is 2. The minimum absolute atomic E-state index is 0.104. The number of rotatable bonds is 7. The molecule has 3 aromatic carbocycles. The predicted molar refractivity (Wildman–Crippen MR) is 169 cm³/mol. The summed E-state index contributed by atoms with van der Waals surface area (Å²) in [6, 6.07) is 27.2. The first-order valence-corrected chi connectivity index (χ1v) is 14.3. The van der Waals surface area contributed by atoms with E-state index in [1.165, 1.54) is 10.2 Å². The molecule has 0 spiro atoms. The number of aromatic nitrogens is 3. The van der Waals surface area contributed by atoms with Crippen molar-refractivity contribution in [2.75, 3.05) is 37.4 Å². The SMILES string of the molecule is Cc1c(C(=O)Nc2ccc(-c3cc(-c4cccc(CN5CCOCC5)c4)cnc3N)cc2)c(=O)n(-c2ccccc2)n1C. The number of amides is 1. The summed E-state index contributed by atoms with van der Waals surface area (Å²) in [6.07, 6.45) is 1.80. The number of ether oxygens (including phenoxy) is 1. The van der Waals surface area contributed by atoms with E-state index in [4.69, 9.17) is 10.5 Å². The summed E-state index contributed by atoms with van der Waals surface area (Å²) in [5.41, 5.74) is 12.8. The first-order valence-electron chi connectivity index (χ1n) is 14.3. The summed E-state index contributed by atoms with van der Waals surface area (Å²) < 4.78 is 8.66. The van der Waals surface area contributed by atoms with Gasteiger partial charge in [-0.15, -0.1) is 0 Å². The van der Waals surface area contributed by atoms with Gasteiger partial charge < -0.3 is 15.8 Å². The lowest BCUT2D eigenvalue weighted by Gasteiger charge is -2.26. The van der Waals surface area contributed by atoms with Crippen molar-refractivity contribution in [3.8, 4) is 27.9 Å². The topological polar surface area (TPSA) is 107 Å². The summed E-state index contributed by atoms with van der Waals surface area (Å²) in [7, 11) is 1.77. The van der Waals surface area contributed by atoms with E-state index in [1.54, 1.807) is 37.0 Å². The third-order valence-corrected chi connectivity index (χ3v) is 7.92. The number of carbonyl (C=O) groups is 1. The average molecular weight is 575 g/mol. The van der Waals surface area contributed by atoms with Crippen LogP contribution in [0.15, 0.2) is 95.9 Å². The highest BCUT2D eigenvalue weighted by molar-refractivity contribution is 6.05. The molecule has 43 heavy (non-hydrogen) atoms. The molecule has 9 heteroatoms. The number of benzene rings is 3. The number of para-hydroxylation sites is 1. The maximum absolute atomic E-state index is 13.2. The Balaban J connectivity index is 1.21. The van der Waals surface area contributed by atoms with E-state index >= 15 is 0 Å². The fourth-order valence-electron chi connectivity index (χ4n) is 5.49. The Labute approximate surface area is 250 Å². The van der Waals surface area contributed by atoms with Crippen LogP contribution in [0.2, 0.25) is 0 Å². The van der Waals surface area contributed by atoms with Gasteiger partial charge in [-0.25, -0.2) is 9.67 Å². The molecular formula is C34H34N6O3. The number of nitrogens with zero attached hydrogens (tertiary/aromatic N) is 4. The molecule has 3 N–H and O–H groups in total. The van der Waals surface area contributed by atoms with Crippen molar-refractivity contribution in [2.24, 2.45) is 7.05 Å². The number of hydrogen-bond acceptors (Lipinski definition) is 6. The van der Waals surface area contributed by atoms with Crippen LogP contribution in [0, 0.1) is 6.92 Å². The highest BCUT2D eigenvalue weighted by Gasteiger charge is 2.22. The van der Waals surface area contributed by atoms with Gasteiger partial charge in [0.05, 0.1) is 24.6 Å². The molecule has 1 aliphatic rings. The summed E-state index contributed by atoms with van der Waals surface area (Å²) >= 11 is 0. The molecule has 2 aromatic heterocycles. The van der Waals surface area contributed by atoms with Crippen LogP contribution in [-0.2, 0) is 18.3 Å². The molecule has 1 amide bonds. The smallest absolute Gasteiger partial charge is 0.284 e. The molecule has 1 saturated heterocycles.